The quantitative estimate of drug-likeness (QED) is 0.561. The van der Waals surface area contributed by atoms with Gasteiger partial charge in [0.1, 0.15) is 0 Å². The van der Waals surface area contributed by atoms with Crippen molar-refractivity contribution < 1.29 is 0 Å². The van der Waals surface area contributed by atoms with Crippen LogP contribution in [0.1, 0.15) is 5.56 Å². The molecule has 0 spiro atoms. The maximum Gasteiger partial charge on any atom is 0.0809 e. The molecule has 0 fully saturated rings. The molecule has 0 bridgehead atoms. The fourth-order valence-electron chi connectivity index (χ4n) is 0.967. The van der Waals surface area contributed by atoms with Gasteiger partial charge in [0.2, 0.25) is 0 Å². The number of aromatic nitrogens is 1. The Bertz CT molecular complexity index is 351. The molecule has 2 heteroatoms. The van der Waals surface area contributed by atoms with Crippen molar-refractivity contribution in [2.24, 2.45) is 0 Å². The van der Waals surface area contributed by atoms with E-state index in [1.165, 1.54) is 10.9 Å². The monoisotopic (exact) mass is 149 g/mol. The number of rotatable bonds is 0. The second-order valence-electron chi connectivity index (χ2n) is 2.36. The molecular formula is C8H7NS. The molecule has 0 N–H and O–H groups in total. The summed E-state index contributed by atoms with van der Waals surface area (Å²) >= 11 is 1.70. The third-order valence-electron chi connectivity index (χ3n) is 1.46. The van der Waals surface area contributed by atoms with Crippen molar-refractivity contribution in [1.29, 1.82) is 0 Å². The minimum atomic E-state index is 1.11. The van der Waals surface area contributed by atoms with Crippen molar-refractivity contribution in [3.8, 4) is 0 Å². The molecule has 0 aliphatic heterocycles. The number of hydrogen-bond donors (Lipinski definition) is 0. The van der Waals surface area contributed by atoms with E-state index in [1.807, 2.05) is 6.20 Å². The molecule has 0 aromatic carbocycles. The summed E-state index contributed by atoms with van der Waals surface area (Å²) in [6, 6.07) is 2.15. The fraction of sp³-hybridized carbons (Fsp3) is 0.125. The lowest BCUT2D eigenvalue weighted by atomic mass is 10.2. The van der Waals surface area contributed by atoms with Gasteiger partial charge in [-0.3, -0.25) is 4.98 Å². The maximum atomic E-state index is 4.25. The molecule has 0 atom stereocenters. The zero-order valence-electron chi connectivity index (χ0n) is 5.66. The van der Waals surface area contributed by atoms with Crippen LogP contribution < -0.4 is 0 Å². The summed E-state index contributed by atoms with van der Waals surface area (Å²) in [5.74, 6) is 0. The van der Waals surface area contributed by atoms with Crippen molar-refractivity contribution in [2.45, 2.75) is 6.92 Å². The molecule has 0 radical (unpaired) electrons. The molecule has 0 amide bonds. The van der Waals surface area contributed by atoms with E-state index in [2.05, 4.69) is 28.7 Å². The third kappa shape index (κ3) is 0.809. The zero-order chi connectivity index (χ0) is 6.97. The topological polar surface area (TPSA) is 12.9 Å². The lowest BCUT2D eigenvalue weighted by Gasteiger charge is -1.89. The van der Waals surface area contributed by atoms with Crippen LogP contribution in [-0.4, -0.2) is 4.98 Å². The van der Waals surface area contributed by atoms with E-state index in [4.69, 9.17) is 0 Å². The first-order valence-corrected chi connectivity index (χ1v) is 4.09. The van der Waals surface area contributed by atoms with E-state index in [0.717, 1.165) is 5.52 Å². The summed E-state index contributed by atoms with van der Waals surface area (Å²) in [4.78, 5) is 4.25. The Morgan fingerprint density at radius 3 is 3.20 bits per heavy atom. The van der Waals surface area contributed by atoms with Crippen molar-refractivity contribution in [2.75, 3.05) is 0 Å². The van der Waals surface area contributed by atoms with Crippen LogP contribution in [0.5, 0.6) is 0 Å². The zero-order valence-corrected chi connectivity index (χ0v) is 6.48. The summed E-state index contributed by atoms with van der Waals surface area (Å²) in [5.41, 5.74) is 2.33. The predicted octanol–water partition coefficient (Wildman–Crippen LogP) is 2.60. The van der Waals surface area contributed by atoms with Gasteiger partial charge in [0.15, 0.2) is 0 Å². The van der Waals surface area contributed by atoms with E-state index in [-0.39, 0.29) is 0 Å². The van der Waals surface area contributed by atoms with Gasteiger partial charge in [-0.1, -0.05) is 0 Å². The molecule has 2 aromatic rings. The second kappa shape index (κ2) is 2.06. The van der Waals surface area contributed by atoms with Crippen LogP contribution in [0.25, 0.3) is 10.9 Å². The minimum Gasteiger partial charge on any atom is -0.255 e. The summed E-state index contributed by atoms with van der Waals surface area (Å²) < 4.78 is 0. The number of fused-ring (bicyclic) bond motifs is 1. The molecule has 0 aliphatic rings. The number of hydrogen-bond acceptors (Lipinski definition) is 2. The second-order valence-corrected chi connectivity index (χ2v) is 3.10. The van der Waals surface area contributed by atoms with Crippen molar-refractivity contribution in [3.63, 3.8) is 0 Å². The molecule has 2 aromatic heterocycles. The van der Waals surface area contributed by atoms with Crippen LogP contribution in [-0.2, 0) is 0 Å². The predicted molar refractivity (Wildman–Crippen MR) is 44.4 cm³/mol. The Balaban J connectivity index is 2.86. The first-order valence-electron chi connectivity index (χ1n) is 3.15. The molecule has 2 rings (SSSR count). The number of thiophene rings is 1. The Morgan fingerprint density at radius 2 is 2.30 bits per heavy atom. The van der Waals surface area contributed by atoms with Crippen LogP contribution in [0.15, 0.2) is 23.0 Å². The van der Waals surface area contributed by atoms with Gasteiger partial charge in [0.25, 0.3) is 0 Å². The van der Waals surface area contributed by atoms with E-state index in [0.29, 0.717) is 0 Å². The number of pyridine rings is 1. The maximum absolute atomic E-state index is 4.25. The highest BCUT2D eigenvalue weighted by Crippen LogP contribution is 2.16. The standard InChI is InChI=1S/C8H7NS/c1-6-2-7-4-10-5-8(7)9-3-6/h2-5H,1H3. The highest BCUT2D eigenvalue weighted by atomic mass is 32.1. The summed E-state index contributed by atoms with van der Waals surface area (Å²) in [7, 11) is 0. The van der Waals surface area contributed by atoms with Crippen LogP contribution in [0.2, 0.25) is 0 Å². The summed E-state index contributed by atoms with van der Waals surface area (Å²) in [6.07, 6.45) is 1.90. The van der Waals surface area contributed by atoms with E-state index in [1.54, 1.807) is 11.3 Å². The van der Waals surface area contributed by atoms with Gasteiger partial charge in [0.05, 0.1) is 5.52 Å². The summed E-state index contributed by atoms with van der Waals surface area (Å²) in [6.45, 7) is 2.06. The summed E-state index contributed by atoms with van der Waals surface area (Å²) in [5, 5.41) is 5.44. The van der Waals surface area contributed by atoms with Crippen LogP contribution in [0, 0.1) is 6.92 Å². The molecule has 10 heavy (non-hydrogen) atoms. The lowest BCUT2D eigenvalue weighted by molar-refractivity contribution is 1.34. The van der Waals surface area contributed by atoms with Gasteiger partial charge in [-0.25, -0.2) is 0 Å². The van der Waals surface area contributed by atoms with Crippen LogP contribution >= 0.6 is 11.3 Å². The average Bonchev–Trinajstić information content (AvgIpc) is 2.33. The van der Waals surface area contributed by atoms with E-state index in [9.17, 15) is 0 Å². The van der Waals surface area contributed by atoms with Crippen LogP contribution in [0.3, 0.4) is 0 Å². The Hall–Kier alpha value is -0.890. The van der Waals surface area contributed by atoms with Gasteiger partial charge in [-0.15, -0.1) is 11.3 Å². The van der Waals surface area contributed by atoms with Crippen LogP contribution in [0.4, 0.5) is 0 Å². The molecule has 0 unspecified atom stereocenters. The lowest BCUT2D eigenvalue weighted by Crippen LogP contribution is -1.74. The molecule has 0 aliphatic carbocycles. The normalized spacial score (nSPS) is 10.5. The van der Waals surface area contributed by atoms with Crippen molar-refractivity contribution in [1.82, 2.24) is 4.98 Å². The SMILES string of the molecule is Cc1cnc2cscc2c1. The van der Waals surface area contributed by atoms with E-state index >= 15 is 0 Å². The van der Waals surface area contributed by atoms with Gasteiger partial charge in [-0.2, -0.15) is 0 Å². The molecule has 0 saturated heterocycles. The average molecular weight is 149 g/mol. The number of nitrogens with zero attached hydrogens (tertiary/aromatic N) is 1. The van der Waals surface area contributed by atoms with Crippen molar-refractivity contribution >= 4 is 22.2 Å². The highest BCUT2D eigenvalue weighted by Gasteiger charge is 1.93. The van der Waals surface area contributed by atoms with Gasteiger partial charge in [-0.05, 0) is 18.6 Å². The number of aryl methyl sites for hydroxylation is 1. The largest absolute Gasteiger partial charge is 0.255 e. The Kier molecular flexibility index (Phi) is 1.21. The third-order valence-corrected chi connectivity index (χ3v) is 2.21. The minimum absolute atomic E-state index is 1.11. The molecule has 50 valence electrons. The first kappa shape index (κ1) is 5.86. The van der Waals surface area contributed by atoms with Gasteiger partial charge >= 0.3 is 0 Å². The molecule has 1 nitrogen and oxygen atoms in total. The first-order chi connectivity index (χ1) is 4.86. The van der Waals surface area contributed by atoms with Gasteiger partial charge in [0, 0.05) is 22.3 Å². The van der Waals surface area contributed by atoms with E-state index < -0.39 is 0 Å². The van der Waals surface area contributed by atoms with Gasteiger partial charge < -0.3 is 0 Å². The Labute approximate surface area is 63.3 Å². The fourth-order valence-corrected chi connectivity index (χ4v) is 1.70. The molecular weight excluding hydrogens is 142 g/mol. The molecule has 2 heterocycles. The Morgan fingerprint density at radius 1 is 1.40 bits per heavy atom. The van der Waals surface area contributed by atoms with Crippen molar-refractivity contribution in [3.05, 3.63) is 28.6 Å². The highest BCUT2D eigenvalue weighted by molar-refractivity contribution is 7.09. The smallest absolute Gasteiger partial charge is 0.0809 e. The molecule has 0 saturated carbocycles.